The Balaban J connectivity index is 1.18. The highest BCUT2D eigenvalue weighted by atomic mass is 15.1. The fraction of sp³-hybridized carbons (Fsp3) is 0.143. The first-order valence-corrected chi connectivity index (χ1v) is 20.3. The van der Waals surface area contributed by atoms with Crippen LogP contribution in [-0.2, 0) is 16.2 Å². The second-order valence-corrected chi connectivity index (χ2v) is 17.4. The molecule has 8 aromatic carbocycles. The number of hydrogen-bond donors (Lipinski definition) is 0. The highest BCUT2D eigenvalue weighted by Crippen LogP contribution is 2.58. The zero-order valence-electron chi connectivity index (χ0n) is 33.3. The lowest BCUT2D eigenvalue weighted by Crippen LogP contribution is -2.29. The van der Waals surface area contributed by atoms with E-state index in [1.54, 1.807) is 0 Å². The minimum atomic E-state index is -0.496. The number of aryl methyl sites for hydroxylation is 1. The quantitative estimate of drug-likeness (QED) is 0.170. The van der Waals surface area contributed by atoms with Crippen molar-refractivity contribution in [3.05, 3.63) is 232 Å². The van der Waals surface area contributed by atoms with Crippen LogP contribution in [0.3, 0.4) is 0 Å². The summed E-state index contributed by atoms with van der Waals surface area (Å²) in [5.74, 6) is 0. The summed E-state index contributed by atoms with van der Waals surface area (Å²) < 4.78 is 0. The van der Waals surface area contributed by atoms with Gasteiger partial charge in [0.25, 0.3) is 0 Å². The van der Waals surface area contributed by atoms with Gasteiger partial charge in [0.15, 0.2) is 0 Å². The largest absolute Gasteiger partial charge is 0.310 e. The van der Waals surface area contributed by atoms with Gasteiger partial charge in [-0.05, 0) is 127 Å². The van der Waals surface area contributed by atoms with E-state index in [0.717, 1.165) is 5.69 Å². The van der Waals surface area contributed by atoms with Crippen LogP contribution >= 0.6 is 0 Å². The summed E-state index contributed by atoms with van der Waals surface area (Å²) >= 11 is 0. The Bertz CT molecular complexity index is 2770. The maximum absolute atomic E-state index is 2.53. The third-order valence-electron chi connectivity index (χ3n) is 13.6. The van der Waals surface area contributed by atoms with Crippen LogP contribution in [0.1, 0.15) is 77.8 Å². The van der Waals surface area contributed by atoms with E-state index in [2.05, 4.69) is 222 Å². The molecule has 0 spiro atoms. The van der Waals surface area contributed by atoms with Crippen molar-refractivity contribution in [1.29, 1.82) is 0 Å². The lowest BCUT2D eigenvalue weighted by molar-refractivity contribution is 0.660. The number of rotatable bonds is 5. The van der Waals surface area contributed by atoms with E-state index in [4.69, 9.17) is 0 Å². The van der Waals surface area contributed by atoms with Crippen LogP contribution in [0.25, 0.3) is 33.4 Å². The lowest BCUT2D eigenvalue weighted by Gasteiger charge is -2.36. The SMILES string of the molecule is Cc1cc(N(c2ccc3c(c2)C(C)(C)c2ccccc2-3)c2ccc3c(c2)C(C)(C)c2ccccc2-3)cc(C2(c3ccccc3)c3ccccc3-c3ccccc32)c1. The minimum absolute atomic E-state index is 0.123. The molecule has 0 radical (unpaired) electrons. The number of hydrogen-bond acceptors (Lipinski definition) is 1. The molecule has 3 aliphatic rings. The molecule has 0 aliphatic heterocycles. The van der Waals surface area contributed by atoms with E-state index in [-0.39, 0.29) is 10.8 Å². The van der Waals surface area contributed by atoms with Crippen molar-refractivity contribution in [2.75, 3.05) is 4.90 Å². The molecule has 0 amide bonds. The van der Waals surface area contributed by atoms with Crippen molar-refractivity contribution in [3.63, 3.8) is 0 Å². The molecule has 0 saturated heterocycles. The topological polar surface area (TPSA) is 3.24 Å². The Kier molecular flexibility index (Phi) is 7.15. The summed E-state index contributed by atoms with van der Waals surface area (Å²) in [6.07, 6.45) is 0. The molecule has 8 aromatic rings. The average molecular weight is 732 g/mol. The third kappa shape index (κ3) is 4.63. The van der Waals surface area contributed by atoms with Crippen LogP contribution in [0.2, 0.25) is 0 Å². The number of anilines is 3. The maximum Gasteiger partial charge on any atom is 0.0714 e. The molecule has 1 heteroatoms. The van der Waals surface area contributed by atoms with Gasteiger partial charge >= 0.3 is 0 Å². The molecule has 0 atom stereocenters. The fourth-order valence-electron chi connectivity index (χ4n) is 10.9. The summed E-state index contributed by atoms with van der Waals surface area (Å²) in [5.41, 5.74) is 22.7. The number of nitrogens with zero attached hydrogens (tertiary/aromatic N) is 1. The molecule has 11 rings (SSSR count). The van der Waals surface area contributed by atoms with Gasteiger partial charge in [0.1, 0.15) is 0 Å². The summed E-state index contributed by atoms with van der Waals surface area (Å²) in [6.45, 7) is 11.8. The summed E-state index contributed by atoms with van der Waals surface area (Å²) in [6, 6.07) is 68.8. The lowest BCUT2D eigenvalue weighted by atomic mass is 9.67. The predicted octanol–water partition coefficient (Wildman–Crippen LogP) is 14.4. The zero-order chi connectivity index (χ0) is 38.7. The first kappa shape index (κ1) is 33.9. The van der Waals surface area contributed by atoms with Crippen molar-refractivity contribution >= 4 is 17.1 Å². The molecule has 57 heavy (non-hydrogen) atoms. The van der Waals surface area contributed by atoms with Crippen molar-refractivity contribution < 1.29 is 0 Å². The Morgan fingerprint density at radius 2 is 0.719 bits per heavy atom. The maximum atomic E-state index is 2.53. The van der Waals surface area contributed by atoms with E-state index in [1.807, 2.05) is 0 Å². The van der Waals surface area contributed by atoms with Gasteiger partial charge in [0.05, 0.1) is 5.41 Å². The standard InChI is InChI=1S/C56H45N/c1-36-31-38(56(37-17-7-6-8-18-37)50-25-15-11-21-44(50)45-22-12-16-26-51(45)56)33-41(32-36)57(39-27-29-46-42-19-9-13-23-48(42)54(2,3)52(46)34-39)40-28-30-47-43-20-10-14-24-49(43)55(4,5)53(47)35-40/h6-35H,1-5H3. The molecule has 0 saturated carbocycles. The molecule has 0 unspecified atom stereocenters. The molecule has 1 nitrogen and oxygen atoms in total. The normalized spacial score (nSPS) is 15.5. The van der Waals surface area contributed by atoms with Gasteiger partial charge in [-0.3, -0.25) is 0 Å². The predicted molar refractivity (Wildman–Crippen MR) is 238 cm³/mol. The molecule has 0 heterocycles. The Morgan fingerprint density at radius 3 is 1.21 bits per heavy atom. The van der Waals surface area contributed by atoms with Crippen molar-refractivity contribution in [1.82, 2.24) is 0 Å². The summed E-state index contributed by atoms with van der Waals surface area (Å²) in [5, 5.41) is 0. The second kappa shape index (κ2) is 12.0. The van der Waals surface area contributed by atoms with E-state index in [9.17, 15) is 0 Å². The highest BCUT2D eigenvalue weighted by molar-refractivity contribution is 5.90. The van der Waals surface area contributed by atoms with E-state index in [0.29, 0.717) is 0 Å². The van der Waals surface area contributed by atoms with Crippen molar-refractivity contribution in [2.45, 2.75) is 50.9 Å². The van der Waals surface area contributed by atoms with Crippen LogP contribution in [0.5, 0.6) is 0 Å². The van der Waals surface area contributed by atoms with Gasteiger partial charge in [0.2, 0.25) is 0 Å². The van der Waals surface area contributed by atoms with Crippen LogP contribution in [0.15, 0.2) is 182 Å². The van der Waals surface area contributed by atoms with Gasteiger partial charge in [-0.15, -0.1) is 0 Å². The molecule has 274 valence electrons. The molecule has 0 bridgehead atoms. The van der Waals surface area contributed by atoms with Crippen LogP contribution in [0.4, 0.5) is 17.1 Å². The Morgan fingerprint density at radius 1 is 0.316 bits per heavy atom. The Hall–Kier alpha value is -6.44. The van der Waals surface area contributed by atoms with Crippen molar-refractivity contribution in [3.8, 4) is 33.4 Å². The molecular weight excluding hydrogens is 687 g/mol. The van der Waals surface area contributed by atoms with E-state index >= 15 is 0 Å². The molecule has 0 aromatic heterocycles. The smallest absolute Gasteiger partial charge is 0.0714 e. The van der Waals surface area contributed by atoms with Crippen molar-refractivity contribution in [2.24, 2.45) is 0 Å². The van der Waals surface area contributed by atoms with Gasteiger partial charge in [-0.1, -0.05) is 173 Å². The van der Waals surface area contributed by atoms with Gasteiger partial charge in [-0.25, -0.2) is 0 Å². The monoisotopic (exact) mass is 731 g/mol. The van der Waals surface area contributed by atoms with Gasteiger partial charge < -0.3 is 4.90 Å². The molecule has 0 N–H and O–H groups in total. The average Bonchev–Trinajstić information content (AvgIpc) is 3.76. The van der Waals surface area contributed by atoms with Crippen LogP contribution in [0, 0.1) is 6.92 Å². The molecular formula is C56H45N. The third-order valence-corrected chi connectivity index (χ3v) is 13.6. The first-order chi connectivity index (χ1) is 27.7. The Labute approximate surface area is 336 Å². The minimum Gasteiger partial charge on any atom is -0.310 e. The molecule has 3 aliphatic carbocycles. The first-order valence-electron chi connectivity index (χ1n) is 20.3. The molecule has 0 fully saturated rings. The van der Waals surface area contributed by atoms with E-state index < -0.39 is 5.41 Å². The zero-order valence-corrected chi connectivity index (χ0v) is 33.3. The number of fused-ring (bicyclic) bond motifs is 9. The van der Waals surface area contributed by atoms with Gasteiger partial charge in [0, 0.05) is 27.9 Å². The number of benzene rings is 8. The second-order valence-electron chi connectivity index (χ2n) is 17.4. The highest BCUT2D eigenvalue weighted by Gasteiger charge is 2.46. The van der Waals surface area contributed by atoms with E-state index in [1.165, 1.54) is 94.8 Å². The fourth-order valence-corrected chi connectivity index (χ4v) is 10.9. The van der Waals surface area contributed by atoms with Gasteiger partial charge in [-0.2, -0.15) is 0 Å². The summed E-state index contributed by atoms with van der Waals surface area (Å²) in [4.78, 5) is 2.53. The van der Waals surface area contributed by atoms with Crippen LogP contribution in [-0.4, -0.2) is 0 Å². The summed E-state index contributed by atoms with van der Waals surface area (Å²) in [7, 11) is 0. The van der Waals surface area contributed by atoms with Crippen LogP contribution < -0.4 is 4.90 Å².